The van der Waals surface area contributed by atoms with Gasteiger partial charge in [-0.05, 0) is 36.2 Å². The monoisotopic (exact) mass is 338 g/mol. The van der Waals surface area contributed by atoms with Crippen molar-refractivity contribution < 1.29 is 14.6 Å². The molecule has 128 valence electrons. The summed E-state index contributed by atoms with van der Waals surface area (Å²) in [5.74, 6) is 0.641. The molecular formula is C18H18N4O3. The molecule has 0 aliphatic carbocycles. The van der Waals surface area contributed by atoms with Gasteiger partial charge in [0.25, 0.3) is 5.91 Å². The molecule has 0 radical (unpaired) electrons. The van der Waals surface area contributed by atoms with Gasteiger partial charge in [-0.1, -0.05) is 23.4 Å². The highest BCUT2D eigenvalue weighted by Crippen LogP contribution is 2.15. The molecule has 7 nitrogen and oxygen atoms in total. The van der Waals surface area contributed by atoms with E-state index in [2.05, 4.69) is 15.6 Å². The highest BCUT2D eigenvalue weighted by atomic mass is 16.5. The van der Waals surface area contributed by atoms with Crippen LogP contribution < -0.4 is 10.1 Å². The molecule has 1 aromatic heterocycles. The van der Waals surface area contributed by atoms with E-state index in [9.17, 15) is 9.90 Å². The first kappa shape index (κ1) is 16.5. The van der Waals surface area contributed by atoms with Crippen LogP contribution in [0.4, 0.5) is 0 Å². The quantitative estimate of drug-likeness (QED) is 0.717. The van der Waals surface area contributed by atoms with Crippen molar-refractivity contribution in [3.05, 3.63) is 66.0 Å². The van der Waals surface area contributed by atoms with Crippen molar-refractivity contribution in [1.29, 1.82) is 0 Å². The van der Waals surface area contributed by atoms with E-state index in [0.29, 0.717) is 18.7 Å². The first-order chi connectivity index (χ1) is 12.2. The van der Waals surface area contributed by atoms with E-state index in [1.54, 1.807) is 31.5 Å². The smallest absolute Gasteiger partial charge is 0.273 e. The van der Waals surface area contributed by atoms with Crippen LogP contribution in [0.2, 0.25) is 0 Å². The van der Waals surface area contributed by atoms with Crippen molar-refractivity contribution in [1.82, 2.24) is 20.3 Å². The standard InChI is InChI=1S/C18H18N4O3/c1-25-16-4-2-3-14(11-16)22-12-17(20-21-22)18(24)19-10-9-13-5-7-15(23)8-6-13/h2-8,11-12,23H,9-10H2,1H3,(H,19,24). The molecule has 25 heavy (non-hydrogen) atoms. The molecule has 2 aromatic carbocycles. The Morgan fingerprint density at radius 2 is 2.04 bits per heavy atom. The average Bonchev–Trinajstić information content (AvgIpc) is 3.14. The number of ether oxygens (including phenoxy) is 1. The maximum absolute atomic E-state index is 12.2. The Kier molecular flexibility index (Phi) is 4.94. The van der Waals surface area contributed by atoms with E-state index < -0.39 is 0 Å². The number of methoxy groups -OCH3 is 1. The Labute approximate surface area is 144 Å². The summed E-state index contributed by atoms with van der Waals surface area (Å²) in [6.07, 6.45) is 2.24. The van der Waals surface area contributed by atoms with Gasteiger partial charge in [-0.25, -0.2) is 4.68 Å². The molecule has 0 fully saturated rings. The summed E-state index contributed by atoms with van der Waals surface area (Å²) in [5.41, 5.74) is 2.03. The third-order valence-electron chi connectivity index (χ3n) is 3.68. The molecule has 0 spiro atoms. The van der Waals surface area contributed by atoms with Crippen LogP contribution in [0.25, 0.3) is 5.69 Å². The Morgan fingerprint density at radius 1 is 1.24 bits per heavy atom. The molecular weight excluding hydrogens is 320 g/mol. The van der Waals surface area contributed by atoms with Crippen LogP contribution in [0.15, 0.2) is 54.7 Å². The number of aromatic hydroxyl groups is 1. The number of carbonyl (C=O) groups is 1. The van der Waals surface area contributed by atoms with Crippen molar-refractivity contribution >= 4 is 5.91 Å². The summed E-state index contributed by atoms with van der Waals surface area (Å²) >= 11 is 0. The van der Waals surface area contributed by atoms with Crippen LogP contribution in [-0.2, 0) is 6.42 Å². The van der Waals surface area contributed by atoms with Crippen LogP contribution in [0.3, 0.4) is 0 Å². The van der Waals surface area contributed by atoms with E-state index in [4.69, 9.17) is 4.74 Å². The predicted octanol–water partition coefficient (Wildman–Crippen LogP) is 1.95. The molecule has 7 heteroatoms. The summed E-state index contributed by atoms with van der Waals surface area (Å²) in [7, 11) is 1.59. The highest BCUT2D eigenvalue weighted by molar-refractivity contribution is 5.91. The summed E-state index contributed by atoms with van der Waals surface area (Å²) in [4.78, 5) is 12.2. The lowest BCUT2D eigenvalue weighted by Crippen LogP contribution is -2.26. The minimum Gasteiger partial charge on any atom is -0.508 e. The molecule has 0 aliphatic rings. The van der Waals surface area contributed by atoms with Gasteiger partial charge in [0, 0.05) is 12.6 Å². The number of rotatable bonds is 6. The number of phenolic OH excluding ortho intramolecular Hbond substituents is 1. The second kappa shape index (κ2) is 7.48. The zero-order valence-electron chi connectivity index (χ0n) is 13.7. The van der Waals surface area contributed by atoms with E-state index in [1.165, 1.54) is 4.68 Å². The van der Waals surface area contributed by atoms with Crippen LogP contribution in [0, 0.1) is 0 Å². The molecule has 2 N–H and O–H groups in total. The molecule has 0 aliphatic heterocycles. The minimum atomic E-state index is -0.284. The van der Waals surface area contributed by atoms with Gasteiger partial charge in [0.05, 0.1) is 19.0 Å². The molecule has 3 aromatic rings. The number of amides is 1. The lowest BCUT2D eigenvalue weighted by atomic mass is 10.1. The molecule has 0 unspecified atom stereocenters. The third-order valence-corrected chi connectivity index (χ3v) is 3.68. The van der Waals surface area contributed by atoms with Crippen LogP contribution in [0.1, 0.15) is 16.1 Å². The summed E-state index contributed by atoms with van der Waals surface area (Å²) in [6.45, 7) is 0.468. The number of carbonyl (C=O) groups excluding carboxylic acids is 1. The fraction of sp³-hybridized carbons (Fsp3) is 0.167. The summed E-state index contributed by atoms with van der Waals surface area (Å²) in [5, 5.41) is 20.0. The van der Waals surface area contributed by atoms with Gasteiger partial charge in [-0.3, -0.25) is 4.79 Å². The number of aromatic nitrogens is 3. The maximum atomic E-state index is 12.2. The van der Waals surface area contributed by atoms with E-state index in [0.717, 1.165) is 11.3 Å². The number of hydrogen-bond acceptors (Lipinski definition) is 5. The van der Waals surface area contributed by atoms with Gasteiger partial charge in [-0.2, -0.15) is 0 Å². The van der Waals surface area contributed by atoms with Crippen LogP contribution in [-0.4, -0.2) is 39.7 Å². The number of phenols is 1. The fourth-order valence-electron chi connectivity index (χ4n) is 2.32. The summed E-state index contributed by atoms with van der Waals surface area (Å²) < 4.78 is 6.70. The number of nitrogens with one attached hydrogen (secondary N) is 1. The average molecular weight is 338 g/mol. The van der Waals surface area contributed by atoms with Crippen LogP contribution >= 0.6 is 0 Å². The van der Waals surface area contributed by atoms with Crippen molar-refractivity contribution in [2.75, 3.05) is 13.7 Å². The predicted molar refractivity (Wildman–Crippen MR) is 92.1 cm³/mol. The van der Waals surface area contributed by atoms with E-state index >= 15 is 0 Å². The molecule has 0 bridgehead atoms. The third kappa shape index (κ3) is 4.14. The zero-order chi connectivity index (χ0) is 17.6. The summed E-state index contributed by atoms with van der Waals surface area (Å²) in [6, 6.07) is 14.2. The highest BCUT2D eigenvalue weighted by Gasteiger charge is 2.11. The van der Waals surface area contributed by atoms with E-state index in [-0.39, 0.29) is 17.4 Å². The Bertz CT molecular complexity index is 859. The zero-order valence-corrected chi connectivity index (χ0v) is 13.7. The SMILES string of the molecule is COc1cccc(-n2cc(C(=O)NCCc3ccc(O)cc3)nn2)c1. The Morgan fingerprint density at radius 3 is 2.80 bits per heavy atom. The van der Waals surface area contributed by atoms with Crippen molar-refractivity contribution in [2.45, 2.75) is 6.42 Å². The fourth-order valence-corrected chi connectivity index (χ4v) is 2.32. The van der Waals surface area contributed by atoms with Crippen molar-refractivity contribution in [3.63, 3.8) is 0 Å². The molecule has 1 amide bonds. The number of benzene rings is 2. The Hall–Kier alpha value is -3.35. The first-order valence-corrected chi connectivity index (χ1v) is 7.78. The first-order valence-electron chi connectivity index (χ1n) is 7.78. The molecule has 1 heterocycles. The van der Waals surface area contributed by atoms with Gasteiger partial charge in [0.1, 0.15) is 11.5 Å². The van der Waals surface area contributed by atoms with E-state index in [1.807, 2.05) is 30.3 Å². The normalized spacial score (nSPS) is 10.4. The number of nitrogens with zero attached hydrogens (tertiary/aromatic N) is 3. The maximum Gasteiger partial charge on any atom is 0.273 e. The Balaban J connectivity index is 1.59. The lowest BCUT2D eigenvalue weighted by molar-refractivity contribution is 0.0949. The largest absolute Gasteiger partial charge is 0.508 e. The second-order valence-corrected chi connectivity index (χ2v) is 5.42. The number of hydrogen-bond donors (Lipinski definition) is 2. The van der Waals surface area contributed by atoms with Gasteiger partial charge in [-0.15, -0.1) is 5.10 Å². The van der Waals surface area contributed by atoms with Crippen molar-refractivity contribution in [2.24, 2.45) is 0 Å². The molecule has 3 rings (SSSR count). The van der Waals surface area contributed by atoms with Crippen LogP contribution in [0.5, 0.6) is 11.5 Å². The lowest BCUT2D eigenvalue weighted by Gasteiger charge is -2.04. The molecule has 0 atom stereocenters. The molecule has 0 saturated heterocycles. The minimum absolute atomic E-state index is 0.224. The topological polar surface area (TPSA) is 89.3 Å². The van der Waals surface area contributed by atoms with Gasteiger partial charge < -0.3 is 15.2 Å². The van der Waals surface area contributed by atoms with Gasteiger partial charge >= 0.3 is 0 Å². The molecule has 0 saturated carbocycles. The van der Waals surface area contributed by atoms with Gasteiger partial charge in [0.2, 0.25) is 0 Å². The van der Waals surface area contributed by atoms with Gasteiger partial charge in [0.15, 0.2) is 5.69 Å². The second-order valence-electron chi connectivity index (χ2n) is 5.42. The van der Waals surface area contributed by atoms with Crippen molar-refractivity contribution in [3.8, 4) is 17.2 Å².